The second kappa shape index (κ2) is 14.9. The molecule has 0 bridgehead atoms. The van der Waals surface area contributed by atoms with Crippen molar-refractivity contribution in [2.45, 2.75) is 58.9 Å². The maximum Gasteiger partial charge on any atom is 0.338 e. The van der Waals surface area contributed by atoms with Crippen LogP contribution in [0.4, 0.5) is 5.69 Å². The van der Waals surface area contributed by atoms with Gasteiger partial charge in [-0.25, -0.2) is 4.79 Å². The minimum absolute atomic E-state index is 0.253. The van der Waals surface area contributed by atoms with Gasteiger partial charge in [0.2, 0.25) is 5.91 Å². The summed E-state index contributed by atoms with van der Waals surface area (Å²) in [6.07, 6.45) is 4.33. The summed E-state index contributed by atoms with van der Waals surface area (Å²) < 4.78 is 16.7. The Bertz CT molecular complexity index is 733. The first-order valence-corrected chi connectivity index (χ1v) is 12.3. The number of nitrogens with two attached hydrogens (primary N) is 1. The molecule has 1 aliphatic heterocycles. The molecule has 0 aromatic heterocycles. The highest BCUT2D eigenvalue weighted by molar-refractivity contribution is 5.97. The van der Waals surface area contributed by atoms with E-state index in [-0.39, 0.29) is 5.91 Å². The van der Waals surface area contributed by atoms with E-state index in [1.54, 1.807) is 18.2 Å². The standard InChI is InChI=1S/C25H41N3O5/c1-4-7-13-32-23-18-20(25(30)33-16-12-28(5-2)6-3)8-9-22(23)27-24(29)21(26)17-19-10-14-31-15-11-19/h8-9,18-19,21H,4-7,10-17,26H2,1-3H3,(H,27,29). The van der Waals surface area contributed by atoms with Crippen molar-refractivity contribution in [3.05, 3.63) is 23.8 Å². The number of likely N-dealkylation sites (N-methyl/N-ethyl adjacent to an activating group) is 1. The summed E-state index contributed by atoms with van der Waals surface area (Å²) in [7, 11) is 0. The van der Waals surface area contributed by atoms with Crippen LogP contribution in [0.25, 0.3) is 0 Å². The topological polar surface area (TPSA) is 103 Å². The van der Waals surface area contributed by atoms with Gasteiger partial charge in [0.1, 0.15) is 12.4 Å². The molecule has 1 heterocycles. The van der Waals surface area contributed by atoms with Crippen LogP contribution in [-0.2, 0) is 14.3 Å². The van der Waals surface area contributed by atoms with Crippen molar-refractivity contribution in [1.29, 1.82) is 0 Å². The average molecular weight is 464 g/mol. The first-order valence-electron chi connectivity index (χ1n) is 12.3. The van der Waals surface area contributed by atoms with E-state index in [1.165, 1.54) is 0 Å². The molecule has 1 aromatic carbocycles. The fourth-order valence-corrected chi connectivity index (χ4v) is 3.76. The molecule has 1 aromatic rings. The molecule has 33 heavy (non-hydrogen) atoms. The quantitative estimate of drug-likeness (QED) is 0.322. The van der Waals surface area contributed by atoms with Crippen LogP contribution >= 0.6 is 0 Å². The largest absolute Gasteiger partial charge is 0.491 e. The zero-order chi connectivity index (χ0) is 24.1. The Balaban J connectivity index is 2.01. The van der Waals surface area contributed by atoms with Gasteiger partial charge in [-0.3, -0.25) is 4.79 Å². The molecular formula is C25H41N3O5. The van der Waals surface area contributed by atoms with Crippen molar-refractivity contribution < 1.29 is 23.8 Å². The van der Waals surface area contributed by atoms with E-state index in [4.69, 9.17) is 19.9 Å². The van der Waals surface area contributed by atoms with Gasteiger partial charge < -0.3 is 30.2 Å². The molecule has 0 spiro atoms. The lowest BCUT2D eigenvalue weighted by Gasteiger charge is -2.24. The van der Waals surface area contributed by atoms with Crippen molar-refractivity contribution >= 4 is 17.6 Å². The number of esters is 1. The van der Waals surface area contributed by atoms with Crippen LogP contribution < -0.4 is 15.8 Å². The molecule has 1 amide bonds. The second-order valence-electron chi connectivity index (χ2n) is 8.46. The number of amides is 1. The van der Waals surface area contributed by atoms with Crippen molar-refractivity contribution in [1.82, 2.24) is 4.90 Å². The van der Waals surface area contributed by atoms with Crippen molar-refractivity contribution in [3.63, 3.8) is 0 Å². The van der Waals surface area contributed by atoms with Crippen LogP contribution in [0, 0.1) is 5.92 Å². The summed E-state index contributed by atoms with van der Waals surface area (Å²) in [6.45, 7) is 11.0. The summed E-state index contributed by atoms with van der Waals surface area (Å²) in [5.74, 6) is 0.189. The summed E-state index contributed by atoms with van der Waals surface area (Å²) in [4.78, 5) is 27.5. The highest BCUT2D eigenvalue weighted by Gasteiger charge is 2.23. The summed E-state index contributed by atoms with van der Waals surface area (Å²) in [6, 6.07) is 4.35. The molecule has 3 N–H and O–H groups in total. The van der Waals surface area contributed by atoms with Crippen LogP contribution in [0.15, 0.2) is 18.2 Å². The predicted octanol–water partition coefficient (Wildman–Crippen LogP) is 3.45. The minimum Gasteiger partial charge on any atom is -0.491 e. The molecule has 0 radical (unpaired) electrons. The maximum atomic E-state index is 12.7. The lowest BCUT2D eigenvalue weighted by molar-refractivity contribution is -0.118. The molecule has 1 fully saturated rings. The van der Waals surface area contributed by atoms with E-state index in [1.807, 2.05) is 0 Å². The van der Waals surface area contributed by atoms with E-state index in [9.17, 15) is 9.59 Å². The molecule has 1 saturated heterocycles. The Morgan fingerprint density at radius 3 is 2.58 bits per heavy atom. The third-order valence-electron chi connectivity index (χ3n) is 6.03. The maximum absolute atomic E-state index is 12.7. The lowest BCUT2D eigenvalue weighted by atomic mass is 9.92. The Kier molecular flexibility index (Phi) is 12.2. The Labute approximate surface area is 198 Å². The zero-order valence-corrected chi connectivity index (χ0v) is 20.4. The number of nitrogens with one attached hydrogen (secondary N) is 1. The molecule has 0 saturated carbocycles. The first kappa shape index (κ1) is 27.1. The van der Waals surface area contributed by atoms with Gasteiger partial charge in [-0.1, -0.05) is 27.2 Å². The van der Waals surface area contributed by atoms with Crippen molar-refractivity contribution in [2.75, 3.05) is 51.4 Å². The van der Waals surface area contributed by atoms with Gasteiger partial charge in [-0.05, 0) is 62.9 Å². The molecule has 1 aliphatic rings. The van der Waals surface area contributed by atoms with Crippen LogP contribution in [0.1, 0.15) is 63.2 Å². The lowest BCUT2D eigenvalue weighted by Crippen LogP contribution is -2.38. The number of benzene rings is 1. The van der Waals surface area contributed by atoms with E-state index < -0.39 is 12.0 Å². The van der Waals surface area contributed by atoms with Crippen LogP contribution in [0.3, 0.4) is 0 Å². The molecule has 0 aliphatic carbocycles. The Morgan fingerprint density at radius 1 is 1.18 bits per heavy atom. The molecule has 8 nitrogen and oxygen atoms in total. The van der Waals surface area contributed by atoms with Crippen LogP contribution in [-0.4, -0.2) is 68.9 Å². The smallest absolute Gasteiger partial charge is 0.338 e. The third-order valence-corrected chi connectivity index (χ3v) is 6.03. The average Bonchev–Trinajstić information content (AvgIpc) is 2.83. The monoisotopic (exact) mass is 463 g/mol. The molecule has 186 valence electrons. The molecular weight excluding hydrogens is 422 g/mol. The third kappa shape index (κ3) is 9.31. The molecule has 2 rings (SSSR count). The minimum atomic E-state index is -0.610. The normalized spacial score (nSPS) is 15.3. The van der Waals surface area contributed by atoms with Gasteiger partial charge in [0, 0.05) is 19.8 Å². The SMILES string of the molecule is CCCCOc1cc(C(=O)OCCN(CC)CC)ccc1NC(=O)C(N)CC1CCOCC1. The van der Waals surface area contributed by atoms with Gasteiger partial charge in [0.15, 0.2) is 0 Å². The van der Waals surface area contributed by atoms with E-state index in [0.29, 0.717) is 49.1 Å². The number of nitrogens with zero attached hydrogens (tertiary/aromatic N) is 1. The van der Waals surface area contributed by atoms with Gasteiger partial charge in [0.25, 0.3) is 0 Å². The van der Waals surface area contributed by atoms with Crippen LogP contribution in [0.5, 0.6) is 5.75 Å². The van der Waals surface area contributed by atoms with Crippen molar-refractivity contribution in [3.8, 4) is 5.75 Å². The predicted molar refractivity (Wildman–Crippen MR) is 130 cm³/mol. The number of carbonyl (C=O) groups is 2. The van der Waals surface area contributed by atoms with Gasteiger partial charge in [-0.15, -0.1) is 0 Å². The fraction of sp³-hybridized carbons (Fsp3) is 0.680. The van der Waals surface area contributed by atoms with E-state index >= 15 is 0 Å². The Morgan fingerprint density at radius 2 is 1.91 bits per heavy atom. The number of carbonyl (C=O) groups excluding carboxylic acids is 2. The zero-order valence-electron chi connectivity index (χ0n) is 20.4. The van der Waals surface area contributed by atoms with E-state index in [2.05, 4.69) is 31.0 Å². The van der Waals surface area contributed by atoms with Gasteiger partial charge in [-0.2, -0.15) is 0 Å². The highest BCUT2D eigenvalue weighted by atomic mass is 16.5. The number of hydrogen-bond acceptors (Lipinski definition) is 7. The molecule has 1 unspecified atom stereocenters. The summed E-state index contributed by atoms with van der Waals surface area (Å²) in [5, 5.41) is 2.89. The molecule has 8 heteroatoms. The Hall–Kier alpha value is -2.16. The summed E-state index contributed by atoms with van der Waals surface area (Å²) >= 11 is 0. The second-order valence-corrected chi connectivity index (χ2v) is 8.46. The van der Waals surface area contributed by atoms with Gasteiger partial charge >= 0.3 is 5.97 Å². The van der Waals surface area contributed by atoms with E-state index in [0.717, 1.165) is 52.0 Å². The summed E-state index contributed by atoms with van der Waals surface area (Å²) in [5.41, 5.74) is 7.08. The number of hydrogen-bond donors (Lipinski definition) is 2. The van der Waals surface area contributed by atoms with Gasteiger partial charge in [0.05, 0.1) is 23.9 Å². The number of rotatable bonds is 14. The number of ether oxygens (including phenoxy) is 3. The molecule has 1 atom stereocenters. The van der Waals surface area contributed by atoms with Crippen molar-refractivity contribution in [2.24, 2.45) is 11.7 Å². The number of unbranched alkanes of at least 4 members (excludes halogenated alkanes) is 1. The van der Waals surface area contributed by atoms with Crippen LogP contribution in [0.2, 0.25) is 0 Å². The first-order chi connectivity index (χ1) is 16.0. The highest BCUT2D eigenvalue weighted by Crippen LogP contribution is 2.28. The fourth-order valence-electron chi connectivity index (χ4n) is 3.76. The number of anilines is 1.